The smallest absolute Gasteiger partial charge is 0.213 e. The molecular weight excluding hydrogens is 664 g/mol. The van der Waals surface area contributed by atoms with E-state index in [0.717, 1.165) is 51.3 Å². The molecule has 3 N–H and O–H groups in total. The Bertz CT molecular complexity index is 2250. The molecule has 0 aliphatic carbocycles. The summed E-state index contributed by atoms with van der Waals surface area (Å²) in [6, 6.07) is 31.6. The summed E-state index contributed by atoms with van der Waals surface area (Å²) in [4.78, 5) is 17.3. The SMILES string of the molecule is C.Cc1cccc2nc(CCl)nn12.Cc1cccc2nc(CSc3n[nH]c(-c4ccccc4)n3)nn12.S=c1nc(-c2ccccc2)[nH][nH]1. The Morgan fingerprint density at radius 2 is 1.23 bits per heavy atom. The number of nitrogens with one attached hydrogen (secondary N) is 3. The number of rotatable bonds is 6. The Hall–Kier alpha value is -5.18. The van der Waals surface area contributed by atoms with Crippen molar-refractivity contribution in [3.63, 3.8) is 0 Å². The van der Waals surface area contributed by atoms with Crippen LogP contribution < -0.4 is 0 Å². The lowest BCUT2D eigenvalue weighted by molar-refractivity contribution is 0.886. The van der Waals surface area contributed by atoms with Gasteiger partial charge >= 0.3 is 0 Å². The largest absolute Gasteiger partial charge is 0.282 e. The van der Waals surface area contributed by atoms with Crippen LogP contribution in [0, 0.1) is 18.6 Å². The molecule has 6 aromatic heterocycles. The summed E-state index contributed by atoms with van der Waals surface area (Å²) in [6.07, 6.45) is 0. The average Bonchev–Trinajstić information content (AvgIpc) is 3.92. The van der Waals surface area contributed by atoms with Crippen LogP contribution in [0.4, 0.5) is 0 Å². The normalized spacial score (nSPS) is 10.6. The Morgan fingerprint density at radius 3 is 1.77 bits per heavy atom. The van der Waals surface area contributed by atoms with Crippen molar-refractivity contribution in [3.05, 3.63) is 125 Å². The lowest BCUT2D eigenvalue weighted by atomic mass is 10.2. The van der Waals surface area contributed by atoms with Crippen molar-refractivity contribution in [2.24, 2.45) is 0 Å². The fourth-order valence-corrected chi connectivity index (χ4v) is 5.35. The van der Waals surface area contributed by atoms with Gasteiger partial charge in [-0.3, -0.25) is 15.3 Å². The first-order valence-electron chi connectivity index (χ1n) is 14.5. The second kappa shape index (κ2) is 16.1. The Labute approximate surface area is 291 Å². The maximum Gasteiger partial charge on any atom is 0.213 e. The first-order chi connectivity index (χ1) is 23.0. The molecule has 0 atom stereocenters. The molecule has 0 saturated heterocycles. The average molecular weight is 697 g/mol. The number of thioether (sulfide) groups is 1. The van der Waals surface area contributed by atoms with Gasteiger partial charge in [-0.25, -0.2) is 24.0 Å². The Kier molecular flexibility index (Phi) is 11.4. The van der Waals surface area contributed by atoms with Crippen molar-refractivity contribution in [2.75, 3.05) is 0 Å². The zero-order chi connectivity index (χ0) is 32.6. The number of aromatic nitrogens is 12. The minimum atomic E-state index is 0. The summed E-state index contributed by atoms with van der Waals surface area (Å²) < 4.78 is 4.12. The second-order valence-electron chi connectivity index (χ2n) is 10.1. The van der Waals surface area contributed by atoms with Crippen molar-refractivity contribution < 1.29 is 0 Å². The second-order valence-corrected chi connectivity index (χ2v) is 11.7. The highest BCUT2D eigenvalue weighted by atomic mass is 35.5. The molecular formula is C33H33ClN12S2. The first kappa shape index (κ1) is 34.2. The van der Waals surface area contributed by atoms with Crippen molar-refractivity contribution in [3.8, 4) is 22.8 Å². The molecule has 0 bridgehead atoms. The molecule has 2 aromatic carbocycles. The molecule has 244 valence electrons. The monoisotopic (exact) mass is 696 g/mol. The van der Waals surface area contributed by atoms with E-state index >= 15 is 0 Å². The van der Waals surface area contributed by atoms with E-state index in [1.807, 2.05) is 115 Å². The van der Waals surface area contributed by atoms with E-state index in [4.69, 9.17) is 23.8 Å². The molecule has 8 rings (SSSR count). The number of benzene rings is 2. The molecule has 12 nitrogen and oxygen atoms in total. The number of halogens is 1. The lowest BCUT2D eigenvalue weighted by Crippen LogP contribution is -1.92. The van der Waals surface area contributed by atoms with E-state index in [0.29, 0.717) is 27.4 Å². The Morgan fingerprint density at radius 1 is 0.667 bits per heavy atom. The highest BCUT2D eigenvalue weighted by Crippen LogP contribution is 2.21. The summed E-state index contributed by atoms with van der Waals surface area (Å²) in [5, 5.41) is 22.2. The van der Waals surface area contributed by atoms with Crippen molar-refractivity contribution in [1.29, 1.82) is 0 Å². The number of aryl methyl sites for hydroxylation is 2. The number of H-pyrrole nitrogens is 3. The van der Waals surface area contributed by atoms with Crippen LogP contribution >= 0.6 is 35.6 Å². The van der Waals surface area contributed by atoms with E-state index < -0.39 is 0 Å². The van der Waals surface area contributed by atoms with E-state index in [9.17, 15) is 0 Å². The zero-order valence-corrected chi connectivity index (χ0v) is 27.8. The molecule has 0 radical (unpaired) electrons. The van der Waals surface area contributed by atoms with Crippen LogP contribution in [0.15, 0.2) is 102 Å². The number of hydrogen-bond donors (Lipinski definition) is 3. The van der Waals surface area contributed by atoms with Gasteiger partial charge in [0.1, 0.15) is 0 Å². The molecule has 0 aliphatic heterocycles. The molecule has 0 saturated carbocycles. The maximum absolute atomic E-state index is 5.61. The van der Waals surface area contributed by atoms with Crippen LogP contribution in [0.5, 0.6) is 0 Å². The quantitative estimate of drug-likeness (QED) is 0.0906. The predicted octanol–water partition coefficient (Wildman–Crippen LogP) is 7.66. The summed E-state index contributed by atoms with van der Waals surface area (Å²) in [5.74, 6) is 3.99. The number of pyridine rings is 2. The van der Waals surface area contributed by atoms with Gasteiger partial charge in [0.2, 0.25) is 9.93 Å². The molecule has 48 heavy (non-hydrogen) atoms. The summed E-state index contributed by atoms with van der Waals surface area (Å²) in [7, 11) is 0. The predicted molar refractivity (Wildman–Crippen MR) is 192 cm³/mol. The van der Waals surface area contributed by atoms with Crippen molar-refractivity contribution in [2.45, 2.75) is 38.1 Å². The van der Waals surface area contributed by atoms with Gasteiger partial charge in [0.25, 0.3) is 0 Å². The highest BCUT2D eigenvalue weighted by Gasteiger charge is 2.10. The van der Waals surface area contributed by atoms with Crippen LogP contribution in [0.25, 0.3) is 34.1 Å². The van der Waals surface area contributed by atoms with E-state index in [2.05, 4.69) is 50.5 Å². The molecule has 0 aliphatic rings. The van der Waals surface area contributed by atoms with Crippen molar-refractivity contribution in [1.82, 2.24) is 59.6 Å². The first-order valence-corrected chi connectivity index (χ1v) is 16.4. The third-order valence-corrected chi connectivity index (χ3v) is 7.97. The van der Waals surface area contributed by atoms with E-state index in [-0.39, 0.29) is 7.43 Å². The standard InChI is InChI=1S/C16H14N6S.C8H8ClN3.C8H7N3S.CH4/c1-11-6-5-9-14-17-13(21-22(11)14)10-23-16-18-15(19-20-16)12-7-3-2-4-8-12;1-6-3-2-4-8-10-7(5-9)11-12(6)8;12-8-9-7(10-11-8)6-4-2-1-3-5-6;/h2-9H,10H2,1H3,(H,18,19,20);2-4H,5H2,1H3;1-5H,(H2,9,10,11,12);1H4. The minimum Gasteiger partial charge on any atom is -0.282 e. The van der Waals surface area contributed by atoms with Gasteiger partial charge in [-0.2, -0.15) is 10.1 Å². The van der Waals surface area contributed by atoms with Gasteiger partial charge in [-0.15, -0.1) is 21.8 Å². The van der Waals surface area contributed by atoms with E-state index in [1.165, 1.54) is 11.8 Å². The van der Waals surface area contributed by atoms with Crippen LogP contribution in [0.2, 0.25) is 0 Å². The van der Waals surface area contributed by atoms with Gasteiger partial charge in [0.15, 0.2) is 34.6 Å². The topological polar surface area (TPSA) is 146 Å². The van der Waals surface area contributed by atoms with E-state index in [1.54, 1.807) is 4.52 Å². The molecule has 0 amide bonds. The highest BCUT2D eigenvalue weighted by molar-refractivity contribution is 7.98. The van der Waals surface area contributed by atoms with Crippen LogP contribution in [-0.4, -0.2) is 59.6 Å². The number of fused-ring (bicyclic) bond motifs is 2. The number of alkyl halides is 1. The molecule has 0 spiro atoms. The summed E-state index contributed by atoms with van der Waals surface area (Å²) in [5.41, 5.74) is 5.90. The van der Waals surface area contributed by atoms with Gasteiger partial charge in [0.05, 0.1) is 11.6 Å². The third kappa shape index (κ3) is 8.39. The number of aromatic amines is 3. The van der Waals surface area contributed by atoms with Crippen LogP contribution in [0.3, 0.4) is 0 Å². The fraction of sp³-hybridized carbons (Fsp3) is 0.152. The number of hydrogen-bond acceptors (Lipinski definition) is 9. The van der Waals surface area contributed by atoms with Crippen molar-refractivity contribution >= 4 is 46.9 Å². The van der Waals surface area contributed by atoms with Crippen LogP contribution in [-0.2, 0) is 11.6 Å². The summed E-state index contributed by atoms with van der Waals surface area (Å²) >= 11 is 12.0. The van der Waals surface area contributed by atoms with Gasteiger partial charge < -0.3 is 0 Å². The van der Waals surface area contributed by atoms with Crippen LogP contribution in [0.1, 0.15) is 30.5 Å². The zero-order valence-electron chi connectivity index (χ0n) is 25.4. The number of nitrogens with zero attached hydrogens (tertiary/aromatic N) is 9. The maximum atomic E-state index is 5.61. The molecule has 0 fully saturated rings. The minimum absolute atomic E-state index is 0. The Balaban J connectivity index is 0.000000153. The molecule has 8 aromatic rings. The third-order valence-electron chi connectivity index (χ3n) is 6.70. The molecule has 0 unspecified atom stereocenters. The van der Waals surface area contributed by atoms with Gasteiger partial charge in [-0.05, 0) is 50.3 Å². The molecule has 6 heterocycles. The lowest BCUT2D eigenvalue weighted by Gasteiger charge is -1.94. The fourth-order valence-electron chi connectivity index (χ4n) is 4.45. The summed E-state index contributed by atoms with van der Waals surface area (Å²) in [6.45, 7) is 4.00. The van der Waals surface area contributed by atoms with Gasteiger partial charge in [0, 0.05) is 22.5 Å². The molecule has 15 heteroatoms. The van der Waals surface area contributed by atoms with Gasteiger partial charge in [-0.1, -0.05) is 92.0 Å².